The van der Waals surface area contributed by atoms with Gasteiger partial charge in [0.25, 0.3) is 0 Å². The van der Waals surface area contributed by atoms with E-state index in [-0.39, 0.29) is 4.92 Å². The first-order valence-corrected chi connectivity index (χ1v) is 5.01. The van der Waals surface area contributed by atoms with Gasteiger partial charge in [0.15, 0.2) is 0 Å². The van der Waals surface area contributed by atoms with Crippen LogP contribution in [-0.2, 0) is 6.42 Å². The second-order valence-corrected chi connectivity index (χ2v) is 3.69. The van der Waals surface area contributed by atoms with Crippen molar-refractivity contribution in [3.63, 3.8) is 0 Å². The number of fused-ring (bicyclic) bond motifs is 1. The minimum atomic E-state index is -0.629. The van der Waals surface area contributed by atoms with Crippen LogP contribution in [0.4, 0.5) is 0 Å². The maximum Gasteiger partial charge on any atom is 0.215 e. The average molecular weight is 217 g/mol. The highest BCUT2D eigenvalue weighted by molar-refractivity contribution is 5.73. The summed E-state index contributed by atoms with van der Waals surface area (Å²) in [6, 6.07) is 6.84. The van der Waals surface area contributed by atoms with E-state index in [0.717, 1.165) is 11.0 Å². The van der Waals surface area contributed by atoms with Crippen LogP contribution in [0.2, 0.25) is 0 Å². The Morgan fingerprint density at radius 2 is 2.06 bits per heavy atom. The summed E-state index contributed by atoms with van der Waals surface area (Å²) in [7, 11) is 0. The largest absolute Gasteiger partial charge is 0.264 e. The van der Waals surface area contributed by atoms with Crippen molar-refractivity contribution in [2.24, 2.45) is 0 Å². The van der Waals surface area contributed by atoms with Gasteiger partial charge < -0.3 is 0 Å². The van der Waals surface area contributed by atoms with Gasteiger partial charge in [0, 0.05) is 18.0 Å². The number of para-hydroxylation sites is 2. The molecular weight excluding hydrogens is 206 g/mol. The predicted octanol–water partition coefficient (Wildman–Crippen LogP) is 1.84. The number of hydrogen-bond donors (Lipinski definition) is 0. The van der Waals surface area contributed by atoms with Crippen LogP contribution in [0, 0.1) is 10.1 Å². The molecule has 0 fully saturated rings. The standard InChI is InChI=1S/C11H11N3O2/c1-8(14(15)16)6-9-7-12-10-4-2-3-5-11(10)13-9/h2-5,7-8H,6H2,1H3. The van der Waals surface area contributed by atoms with E-state index in [1.807, 2.05) is 24.3 Å². The molecule has 0 spiro atoms. The molecule has 0 aliphatic carbocycles. The van der Waals surface area contributed by atoms with Crippen molar-refractivity contribution >= 4 is 11.0 Å². The van der Waals surface area contributed by atoms with Gasteiger partial charge in [-0.3, -0.25) is 15.1 Å². The van der Waals surface area contributed by atoms with Crippen molar-refractivity contribution in [1.82, 2.24) is 9.97 Å². The first-order valence-electron chi connectivity index (χ1n) is 5.01. The lowest BCUT2D eigenvalue weighted by atomic mass is 10.2. The molecule has 0 saturated heterocycles. The third-order valence-corrected chi connectivity index (χ3v) is 2.36. The van der Waals surface area contributed by atoms with Gasteiger partial charge >= 0.3 is 0 Å². The fraction of sp³-hybridized carbons (Fsp3) is 0.273. The molecule has 0 amide bonds. The molecular formula is C11H11N3O2. The maximum absolute atomic E-state index is 10.5. The highest BCUT2D eigenvalue weighted by Crippen LogP contribution is 2.10. The first-order chi connectivity index (χ1) is 7.66. The van der Waals surface area contributed by atoms with Crippen LogP contribution in [-0.4, -0.2) is 20.9 Å². The molecule has 0 radical (unpaired) electrons. The van der Waals surface area contributed by atoms with Gasteiger partial charge in [0.05, 0.1) is 23.1 Å². The molecule has 5 nitrogen and oxygen atoms in total. The van der Waals surface area contributed by atoms with Gasteiger partial charge in [-0.25, -0.2) is 4.98 Å². The highest BCUT2D eigenvalue weighted by atomic mass is 16.6. The van der Waals surface area contributed by atoms with Crippen molar-refractivity contribution < 1.29 is 4.92 Å². The van der Waals surface area contributed by atoms with E-state index >= 15 is 0 Å². The minimum Gasteiger partial charge on any atom is -0.264 e. The Bertz CT molecular complexity index is 527. The van der Waals surface area contributed by atoms with E-state index in [2.05, 4.69) is 9.97 Å². The minimum absolute atomic E-state index is 0.309. The van der Waals surface area contributed by atoms with Crippen LogP contribution in [0.3, 0.4) is 0 Å². The topological polar surface area (TPSA) is 68.9 Å². The van der Waals surface area contributed by atoms with Crippen LogP contribution >= 0.6 is 0 Å². The second-order valence-electron chi connectivity index (χ2n) is 3.69. The summed E-state index contributed by atoms with van der Waals surface area (Å²) in [5.41, 5.74) is 2.23. The third kappa shape index (κ3) is 2.13. The molecule has 2 rings (SSSR count). The molecule has 16 heavy (non-hydrogen) atoms. The summed E-state index contributed by atoms with van der Waals surface area (Å²) in [6.07, 6.45) is 1.91. The van der Waals surface area contributed by atoms with E-state index in [4.69, 9.17) is 0 Å². The van der Waals surface area contributed by atoms with E-state index in [0.29, 0.717) is 12.1 Å². The van der Waals surface area contributed by atoms with Crippen molar-refractivity contribution in [1.29, 1.82) is 0 Å². The lowest BCUT2D eigenvalue weighted by Crippen LogP contribution is -2.18. The van der Waals surface area contributed by atoms with Gasteiger partial charge in [-0.05, 0) is 12.1 Å². The molecule has 0 aliphatic heterocycles. The summed E-state index contributed by atoms with van der Waals surface area (Å²) in [5.74, 6) is 0. The van der Waals surface area contributed by atoms with E-state index in [1.165, 1.54) is 0 Å². The molecule has 1 heterocycles. The molecule has 0 bridgehead atoms. The van der Waals surface area contributed by atoms with Gasteiger partial charge in [-0.2, -0.15) is 0 Å². The van der Waals surface area contributed by atoms with Gasteiger partial charge in [-0.1, -0.05) is 12.1 Å². The van der Waals surface area contributed by atoms with E-state index in [9.17, 15) is 10.1 Å². The monoisotopic (exact) mass is 217 g/mol. The maximum atomic E-state index is 10.5. The number of hydrogen-bond acceptors (Lipinski definition) is 4. The van der Waals surface area contributed by atoms with Crippen molar-refractivity contribution in [3.05, 3.63) is 46.3 Å². The Labute approximate surface area is 92.3 Å². The van der Waals surface area contributed by atoms with Crippen LogP contribution in [0.5, 0.6) is 0 Å². The zero-order valence-electron chi connectivity index (χ0n) is 8.83. The Kier molecular flexibility index (Phi) is 2.76. The van der Waals surface area contributed by atoms with E-state index in [1.54, 1.807) is 13.1 Å². The molecule has 0 aliphatic rings. The van der Waals surface area contributed by atoms with Crippen LogP contribution in [0.25, 0.3) is 11.0 Å². The number of nitro groups is 1. The fourth-order valence-corrected chi connectivity index (χ4v) is 1.47. The third-order valence-electron chi connectivity index (χ3n) is 2.36. The van der Waals surface area contributed by atoms with Crippen LogP contribution in [0.1, 0.15) is 12.6 Å². The molecule has 1 unspecified atom stereocenters. The summed E-state index contributed by atoms with van der Waals surface area (Å²) < 4.78 is 0. The molecule has 82 valence electrons. The zero-order chi connectivity index (χ0) is 11.5. The molecule has 5 heteroatoms. The second kappa shape index (κ2) is 4.22. The molecule has 1 aromatic carbocycles. The number of aromatic nitrogens is 2. The number of nitrogens with zero attached hydrogens (tertiary/aromatic N) is 3. The highest BCUT2D eigenvalue weighted by Gasteiger charge is 2.14. The smallest absolute Gasteiger partial charge is 0.215 e. The van der Waals surface area contributed by atoms with Crippen molar-refractivity contribution in [2.75, 3.05) is 0 Å². The van der Waals surface area contributed by atoms with Crippen molar-refractivity contribution in [2.45, 2.75) is 19.4 Å². The van der Waals surface area contributed by atoms with Crippen LogP contribution in [0.15, 0.2) is 30.5 Å². The zero-order valence-corrected chi connectivity index (χ0v) is 8.83. The quantitative estimate of drug-likeness (QED) is 0.581. The SMILES string of the molecule is CC(Cc1cnc2ccccc2n1)[N+](=O)[O-]. The lowest BCUT2D eigenvalue weighted by molar-refractivity contribution is -0.517. The summed E-state index contributed by atoms with van der Waals surface area (Å²) in [5, 5.41) is 10.5. The van der Waals surface area contributed by atoms with Crippen molar-refractivity contribution in [3.8, 4) is 0 Å². The summed E-state index contributed by atoms with van der Waals surface area (Å²) in [6.45, 7) is 1.57. The Balaban J connectivity index is 2.29. The number of rotatable bonds is 3. The summed E-state index contributed by atoms with van der Waals surface area (Å²) >= 11 is 0. The normalized spacial score (nSPS) is 12.6. The fourth-order valence-electron chi connectivity index (χ4n) is 1.47. The Morgan fingerprint density at radius 3 is 2.75 bits per heavy atom. The molecule has 2 aromatic rings. The Hall–Kier alpha value is -2.04. The van der Waals surface area contributed by atoms with Gasteiger partial charge in [0.2, 0.25) is 6.04 Å². The first kappa shape index (κ1) is 10.5. The molecule has 0 saturated carbocycles. The molecule has 1 aromatic heterocycles. The lowest BCUT2D eigenvalue weighted by Gasteiger charge is -2.03. The predicted molar refractivity (Wildman–Crippen MR) is 59.7 cm³/mol. The van der Waals surface area contributed by atoms with Gasteiger partial charge in [-0.15, -0.1) is 0 Å². The molecule has 1 atom stereocenters. The van der Waals surface area contributed by atoms with Gasteiger partial charge in [0.1, 0.15) is 0 Å². The van der Waals surface area contributed by atoms with Crippen LogP contribution < -0.4 is 0 Å². The number of benzene rings is 1. The average Bonchev–Trinajstić information content (AvgIpc) is 2.28. The summed E-state index contributed by atoms with van der Waals surface area (Å²) in [4.78, 5) is 18.8. The molecule has 0 N–H and O–H groups in total. The van der Waals surface area contributed by atoms with E-state index < -0.39 is 6.04 Å². The Morgan fingerprint density at radius 1 is 1.38 bits per heavy atom.